The Bertz CT molecular complexity index is 368. The smallest absolute Gasteiger partial charge is 0.115 e. The third kappa shape index (κ3) is 4.84. The van der Waals surface area contributed by atoms with Crippen LogP contribution in [0.4, 0.5) is 0 Å². The highest BCUT2D eigenvalue weighted by Gasteiger charge is 2.30. The molecule has 19 heavy (non-hydrogen) atoms. The fourth-order valence-corrected chi connectivity index (χ4v) is 2.83. The highest BCUT2D eigenvalue weighted by Crippen LogP contribution is 2.27. The normalized spacial score (nSPS) is 14.8. The van der Waals surface area contributed by atoms with Crippen LogP contribution < -0.4 is 5.32 Å². The maximum absolute atomic E-state index is 5.62. The number of thiazole rings is 1. The van der Waals surface area contributed by atoms with Crippen molar-refractivity contribution in [2.75, 3.05) is 33.5 Å². The summed E-state index contributed by atoms with van der Waals surface area (Å²) in [5, 5.41) is 6.72. The fourth-order valence-electron chi connectivity index (χ4n) is 1.73. The zero-order valence-corrected chi connectivity index (χ0v) is 13.5. The van der Waals surface area contributed by atoms with Crippen LogP contribution in [0, 0.1) is 0 Å². The molecule has 0 amide bonds. The number of methoxy groups -OCH3 is 1. The molecule has 0 saturated carbocycles. The Hall–Kier alpha value is -0.490. The highest BCUT2D eigenvalue weighted by atomic mass is 32.1. The average Bonchev–Trinajstić information content (AvgIpc) is 2.87. The first-order chi connectivity index (χ1) is 9.03. The molecule has 5 heteroatoms. The van der Waals surface area contributed by atoms with E-state index in [9.17, 15) is 0 Å². The molecule has 0 aliphatic heterocycles. The molecule has 1 aromatic heterocycles. The summed E-state index contributed by atoms with van der Waals surface area (Å²) in [6.45, 7) is 11.3. The van der Waals surface area contributed by atoms with Crippen LogP contribution in [0.15, 0.2) is 5.38 Å². The van der Waals surface area contributed by atoms with Crippen molar-refractivity contribution < 1.29 is 9.47 Å². The lowest BCUT2D eigenvalue weighted by molar-refractivity contribution is 0.0776. The first-order valence-corrected chi connectivity index (χ1v) is 7.69. The predicted molar refractivity (Wildman–Crippen MR) is 79.9 cm³/mol. The van der Waals surface area contributed by atoms with Crippen molar-refractivity contribution in [2.24, 2.45) is 0 Å². The third-order valence-corrected chi connectivity index (χ3v) is 4.13. The lowest BCUT2D eigenvalue weighted by atomic mass is 10.0. The summed E-state index contributed by atoms with van der Waals surface area (Å²) in [7, 11) is 1.71. The van der Waals surface area contributed by atoms with Crippen LogP contribution >= 0.6 is 11.3 Å². The molecule has 0 bridgehead atoms. The van der Waals surface area contributed by atoms with Crippen LogP contribution in [-0.2, 0) is 15.0 Å². The van der Waals surface area contributed by atoms with E-state index >= 15 is 0 Å². The minimum Gasteiger partial charge on any atom is -0.383 e. The molecule has 110 valence electrons. The van der Waals surface area contributed by atoms with E-state index in [2.05, 4.69) is 31.5 Å². The van der Waals surface area contributed by atoms with E-state index in [1.807, 2.05) is 6.92 Å². The Morgan fingerprint density at radius 2 is 2.21 bits per heavy atom. The molecule has 0 saturated heterocycles. The second-order valence-electron chi connectivity index (χ2n) is 5.12. The third-order valence-electron chi connectivity index (χ3n) is 3.00. The van der Waals surface area contributed by atoms with E-state index in [4.69, 9.17) is 14.5 Å². The van der Waals surface area contributed by atoms with E-state index in [1.54, 1.807) is 18.4 Å². The molecule has 1 atom stereocenters. The van der Waals surface area contributed by atoms with Gasteiger partial charge in [0.2, 0.25) is 0 Å². The summed E-state index contributed by atoms with van der Waals surface area (Å²) in [6.07, 6.45) is 0. The second-order valence-corrected chi connectivity index (χ2v) is 5.98. The van der Waals surface area contributed by atoms with E-state index in [0.717, 1.165) is 17.2 Å². The minimum atomic E-state index is -0.244. The first kappa shape index (κ1) is 16.6. The van der Waals surface area contributed by atoms with Gasteiger partial charge in [0.05, 0.1) is 24.4 Å². The fraction of sp³-hybridized carbons (Fsp3) is 0.786. The number of rotatable bonds is 9. The number of hydrogen-bond donors (Lipinski definition) is 1. The Morgan fingerprint density at radius 3 is 2.74 bits per heavy atom. The highest BCUT2D eigenvalue weighted by molar-refractivity contribution is 7.09. The van der Waals surface area contributed by atoms with Gasteiger partial charge in [-0.3, -0.25) is 0 Å². The van der Waals surface area contributed by atoms with Crippen LogP contribution in [-0.4, -0.2) is 38.5 Å². The number of hydrogen-bond acceptors (Lipinski definition) is 5. The molecular weight excluding hydrogens is 260 g/mol. The van der Waals surface area contributed by atoms with Crippen molar-refractivity contribution in [3.8, 4) is 0 Å². The summed E-state index contributed by atoms with van der Waals surface area (Å²) >= 11 is 1.70. The molecule has 1 heterocycles. The van der Waals surface area contributed by atoms with Crippen LogP contribution in [0.1, 0.15) is 44.3 Å². The Kier molecular flexibility index (Phi) is 6.93. The first-order valence-electron chi connectivity index (χ1n) is 6.81. The molecule has 0 aliphatic carbocycles. The number of nitrogens with one attached hydrogen (secondary N) is 1. The van der Waals surface area contributed by atoms with E-state index < -0.39 is 0 Å². The van der Waals surface area contributed by atoms with Gasteiger partial charge in [0.1, 0.15) is 5.01 Å². The number of ether oxygens (including phenoxy) is 2. The molecule has 4 nitrogen and oxygen atoms in total. The zero-order valence-electron chi connectivity index (χ0n) is 12.7. The van der Waals surface area contributed by atoms with Gasteiger partial charge in [0.25, 0.3) is 0 Å². The molecule has 1 N–H and O–H groups in total. The van der Waals surface area contributed by atoms with Crippen molar-refractivity contribution in [2.45, 2.75) is 39.2 Å². The lowest BCUT2D eigenvalue weighted by Gasteiger charge is -2.28. The van der Waals surface area contributed by atoms with Crippen molar-refractivity contribution >= 4 is 11.3 Å². The standard InChI is InChI=1S/C14H26N2O2S/c1-6-18-10-14(4,15-7-8-17-5)13-16-12(9-19-13)11(2)3/h9,11,15H,6-8,10H2,1-5H3. The summed E-state index contributed by atoms with van der Waals surface area (Å²) in [6, 6.07) is 0. The molecule has 1 aromatic rings. The van der Waals surface area contributed by atoms with E-state index in [-0.39, 0.29) is 5.54 Å². The second kappa shape index (κ2) is 7.94. The van der Waals surface area contributed by atoms with Gasteiger partial charge >= 0.3 is 0 Å². The maximum Gasteiger partial charge on any atom is 0.115 e. The molecule has 0 aromatic carbocycles. The van der Waals surface area contributed by atoms with Gasteiger partial charge in [0, 0.05) is 25.6 Å². The van der Waals surface area contributed by atoms with Crippen molar-refractivity contribution in [1.29, 1.82) is 0 Å². The van der Waals surface area contributed by atoms with Crippen molar-refractivity contribution in [3.05, 3.63) is 16.1 Å². The van der Waals surface area contributed by atoms with E-state index in [0.29, 0.717) is 25.7 Å². The van der Waals surface area contributed by atoms with Gasteiger partial charge < -0.3 is 14.8 Å². The van der Waals surface area contributed by atoms with Gasteiger partial charge in [-0.15, -0.1) is 11.3 Å². The van der Waals surface area contributed by atoms with Crippen LogP contribution in [0.5, 0.6) is 0 Å². The monoisotopic (exact) mass is 286 g/mol. The van der Waals surface area contributed by atoms with Crippen LogP contribution in [0.25, 0.3) is 0 Å². The van der Waals surface area contributed by atoms with Gasteiger partial charge in [-0.05, 0) is 19.8 Å². The summed E-state index contributed by atoms with van der Waals surface area (Å²) in [5.74, 6) is 0.459. The summed E-state index contributed by atoms with van der Waals surface area (Å²) in [4.78, 5) is 4.75. The van der Waals surface area contributed by atoms with Crippen LogP contribution in [0.3, 0.4) is 0 Å². The van der Waals surface area contributed by atoms with Crippen molar-refractivity contribution in [3.63, 3.8) is 0 Å². The number of aromatic nitrogens is 1. The SMILES string of the molecule is CCOCC(C)(NCCOC)c1nc(C(C)C)cs1. The van der Waals surface area contributed by atoms with Gasteiger partial charge in [-0.1, -0.05) is 13.8 Å². The van der Waals surface area contributed by atoms with E-state index in [1.165, 1.54) is 0 Å². The van der Waals surface area contributed by atoms with Crippen molar-refractivity contribution in [1.82, 2.24) is 10.3 Å². The average molecular weight is 286 g/mol. The Morgan fingerprint density at radius 1 is 1.47 bits per heavy atom. The lowest BCUT2D eigenvalue weighted by Crippen LogP contribution is -2.45. The summed E-state index contributed by atoms with van der Waals surface area (Å²) < 4.78 is 10.7. The minimum absolute atomic E-state index is 0.244. The Labute approximate surface area is 120 Å². The molecule has 1 rings (SSSR count). The number of nitrogens with zero attached hydrogens (tertiary/aromatic N) is 1. The zero-order chi connectivity index (χ0) is 14.3. The van der Waals surface area contributed by atoms with Gasteiger partial charge in [-0.25, -0.2) is 4.98 Å². The molecule has 1 unspecified atom stereocenters. The largest absolute Gasteiger partial charge is 0.383 e. The molecule has 0 radical (unpaired) electrons. The Balaban J connectivity index is 2.80. The molecule has 0 fully saturated rings. The van der Waals surface area contributed by atoms with Gasteiger partial charge in [-0.2, -0.15) is 0 Å². The maximum atomic E-state index is 5.62. The topological polar surface area (TPSA) is 43.4 Å². The molecule has 0 spiro atoms. The quantitative estimate of drug-likeness (QED) is 0.709. The predicted octanol–water partition coefficient (Wildman–Crippen LogP) is 2.75. The molecular formula is C14H26N2O2S. The van der Waals surface area contributed by atoms with Gasteiger partial charge in [0.15, 0.2) is 0 Å². The molecule has 0 aliphatic rings. The van der Waals surface area contributed by atoms with Crippen LogP contribution in [0.2, 0.25) is 0 Å². The summed E-state index contributed by atoms with van der Waals surface area (Å²) in [5.41, 5.74) is 0.906.